The third-order valence-corrected chi connectivity index (χ3v) is 3.93. The smallest absolute Gasteiger partial charge is 0.246 e. The van der Waals surface area contributed by atoms with Crippen LogP contribution < -0.4 is 22.1 Å². The maximum atomic E-state index is 12.7. The van der Waals surface area contributed by atoms with Gasteiger partial charge in [-0.3, -0.25) is 24.0 Å². The number of nitrogens with one attached hydrogen (secondary N) is 2. The second-order valence-electron chi connectivity index (χ2n) is 6.06. The van der Waals surface area contributed by atoms with E-state index in [1.54, 1.807) is 6.29 Å². The lowest BCUT2D eigenvalue weighted by molar-refractivity contribution is -0.142. The highest BCUT2D eigenvalue weighted by Gasteiger charge is 2.38. The van der Waals surface area contributed by atoms with E-state index in [2.05, 4.69) is 10.6 Å². The van der Waals surface area contributed by atoms with Gasteiger partial charge in [-0.05, 0) is 19.8 Å². The Kier molecular flexibility index (Phi) is 8.13. The summed E-state index contributed by atoms with van der Waals surface area (Å²) in [5, 5.41) is 13.6. The molecule has 4 amide bonds. The zero-order chi connectivity index (χ0) is 19.9. The normalized spacial score (nSPS) is 20.0. The van der Waals surface area contributed by atoms with Crippen LogP contribution in [0.15, 0.2) is 0 Å². The summed E-state index contributed by atoms with van der Waals surface area (Å²) in [6.45, 7) is 1.05. The molecule has 11 heteroatoms. The van der Waals surface area contributed by atoms with Gasteiger partial charge in [0.05, 0.1) is 19.1 Å². The summed E-state index contributed by atoms with van der Waals surface area (Å²) in [6, 6.07) is -4.23. The molecule has 11 nitrogen and oxygen atoms in total. The Bertz CT molecular complexity index is 569. The van der Waals surface area contributed by atoms with Crippen LogP contribution in [-0.4, -0.2) is 77.2 Å². The second-order valence-corrected chi connectivity index (χ2v) is 6.06. The molecule has 0 aromatic rings. The van der Waals surface area contributed by atoms with Crippen molar-refractivity contribution in [3.05, 3.63) is 0 Å². The van der Waals surface area contributed by atoms with E-state index >= 15 is 0 Å². The van der Waals surface area contributed by atoms with Gasteiger partial charge in [0.25, 0.3) is 0 Å². The fourth-order valence-corrected chi connectivity index (χ4v) is 2.61. The Labute approximate surface area is 150 Å². The summed E-state index contributed by atoms with van der Waals surface area (Å²) < 4.78 is 0. The molecule has 0 spiro atoms. The van der Waals surface area contributed by atoms with Gasteiger partial charge in [-0.2, -0.15) is 0 Å². The molecule has 0 unspecified atom stereocenters. The fraction of sp³-hybridized carbons (Fsp3) is 0.667. The largest absolute Gasteiger partial charge is 0.394 e. The minimum absolute atomic E-state index is 0.243. The Hall–Kier alpha value is -2.53. The molecule has 7 N–H and O–H groups in total. The quantitative estimate of drug-likeness (QED) is 0.276. The first-order valence-corrected chi connectivity index (χ1v) is 8.14. The van der Waals surface area contributed by atoms with Crippen LogP contribution in [0.2, 0.25) is 0 Å². The van der Waals surface area contributed by atoms with E-state index in [9.17, 15) is 24.0 Å². The van der Waals surface area contributed by atoms with Crippen molar-refractivity contribution < 1.29 is 29.1 Å². The highest BCUT2D eigenvalue weighted by atomic mass is 16.3. The summed E-state index contributed by atoms with van der Waals surface area (Å²) in [5.74, 6) is -2.84. The summed E-state index contributed by atoms with van der Waals surface area (Å²) in [6.07, 6.45) is 2.05. The van der Waals surface area contributed by atoms with Crippen LogP contribution in [0.3, 0.4) is 0 Å². The van der Waals surface area contributed by atoms with Crippen molar-refractivity contribution in [3.8, 4) is 0 Å². The first kappa shape index (κ1) is 21.5. The molecule has 145 valence electrons. The standard InChI is InChI=1S/C15H24N5O6/c1-8(6-21)18-14(25)11-3-2-4-20(11)15(26)10(5-12(17)23)19-13(24)9(16)7-22/h8-11,22H,2-5,7,16H2,1H3,(H2,17,23)(H,18,25)(H,19,24)/t8-,9-,10-,11-/m0/s1. The van der Waals surface area contributed by atoms with Gasteiger partial charge >= 0.3 is 0 Å². The summed E-state index contributed by atoms with van der Waals surface area (Å²) >= 11 is 0. The average Bonchev–Trinajstić information content (AvgIpc) is 3.08. The van der Waals surface area contributed by atoms with Crippen LogP contribution in [0.1, 0.15) is 26.2 Å². The van der Waals surface area contributed by atoms with Gasteiger partial charge in [-0.1, -0.05) is 0 Å². The van der Waals surface area contributed by atoms with Crippen molar-refractivity contribution >= 4 is 29.9 Å². The molecule has 0 aliphatic carbocycles. The van der Waals surface area contributed by atoms with E-state index in [1.807, 2.05) is 0 Å². The molecule has 0 aromatic heterocycles. The molecule has 1 heterocycles. The number of primary amides is 1. The monoisotopic (exact) mass is 370 g/mol. The van der Waals surface area contributed by atoms with E-state index in [4.69, 9.17) is 16.6 Å². The number of rotatable bonds is 9. The molecule has 1 rings (SSSR count). The van der Waals surface area contributed by atoms with Crippen LogP contribution >= 0.6 is 0 Å². The number of nitrogens with zero attached hydrogens (tertiary/aromatic N) is 1. The summed E-state index contributed by atoms with van der Waals surface area (Å²) in [4.78, 5) is 59.9. The lowest BCUT2D eigenvalue weighted by Gasteiger charge is -2.29. The van der Waals surface area contributed by atoms with E-state index in [0.717, 1.165) is 0 Å². The van der Waals surface area contributed by atoms with Crippen LogP contribution in [0.25, 0.3) is 0 Å². The van der Waals surface area contributed by atoms with Crippen LogP contribution in [-0.2, 0) is 24.0 Å². The van der Waals surface area contributed by atoms with Gasteiger partial charge < -0.3 is 32.1 Å². The molecule has 1 fully saturated rings. The molecule has 1 aliphatic heterocycles. The van der Waals surface area contributed by atoms with E-state index < -0.39 is 60.8 Å². The van der Waals surface area contributed by atoms with Crippen molar-refractivity contribution in [2.24, 2.45) is 11.5 Å². The van der Waals surface area contributed by atoms with E-state index in [1.165, 1.54) is 11.8 Å². The number of aliphatic hydroxyl groups is 1. The Morgan fingerprint density at radius 3 is 2.50 bits per heavy atom. The maximum Gasteiger partial charge on any atom is 0.246 e. The van der Waals surface area contributed by atoms with Gasteiger partial charge in [0, 0.05) is 6.54 Å². The van der Waals surface area contributed by atoms with Crippen molar-refractivity contribution in [1.29, 1.82) is 0 Å². The molecular weight excluding hydrogens is 346 g/mol. The van der Waals surface area contributed by atoms with Crippen molar-refractivity contribution in [2.75, 3.05) is 13.2 Å². The second kappa shape index (κ2) is 9.82. The van der Waals surface area contributed by atoms with Gasteiger partial charge in [0.2, 0.25) is 29.9 Å². The van der Waals surface area contributed by atoms with Gasteiger partial charge in [-0.15, -0.1) is 0 Å². The molecule has 1 radical (unpaired) electrons. The summed E-state index contributed by atoms with van der Waals surface area (Å²) in [5.41, 5.74) is 10.5. The number of nitrogens with two attached hydrogens (primary N) is 2. The number of likely N-dealkylation sites (tertiary alicyclic amines) is 1. The number of aliphatic hydroxyl groups excluding tert-OH is 1. The van der Waals surface area contributed by atoms with Crippen LogP contribution in [0.4, 0.5) is 0 Å². The maximum absolute atomic E-state index is 12.7. The molecular formula is C15H24N5O6. The third-order valence-electron chi connectivity index (χ3n) is 3.93. The lowest BCUT2D eigenvalue weighted by atomic mass is 10.1. The molecule has 26 heavy (non-hydrogen) atoms. The highest BCUT2D eigenvalue weighted by Crippen LogP contribution is 2.19. The zero-order valence-electron chi connectivity index (χ0n) is 14.4. The molecule has 0 saturated carbocycles. The van der Waals surface area contributed by atoms with Crippen molar-refractivity contribution in [2.45, 2.75) is 50.4 Å². The molecule has 1 aliphatic rings. The Morgan fingerprint density at radius 1 is 1.31 bits per heavy atom. The minimum atomic E-state index is -1.30. The highest BCUT2D eigenvalue weighted by molar-refractivity contribution is 5.96. The van der Waals surface area contributed by atoms with Gasteiger partial charge in [0.1, 0.15) is 18.1 Å². The molecule has 0 aromatic carbocycles. The lowest BCUT2D eigenvalue weighted by Crippen LogP contribution is -2.57. The zero-order valence-corrected chi connectivity index (χ0v) is 14.4. The van der Waals surface area contributed by atoms with Gasteiger partial charge in [-0.25, -0.2) is 0 Å². The number of carbonyl (C=O) groups excluding carboxylic acids is 5. The Morgan fingerprint density at radius 2 is 1.96 bits per heavy atom. The number of hydrogen-bond acceptors (Lipinski definition) is 7. The minimum Gasteiger partial charge on any atom is -0.394 e. The first-order valence-electron chi connectivity index (χ1n) is 8.14. The number of hydrogen-bond donors (Lipinski definition) is 5. The van der Waals surface area contributed by atoms with Crippen molar-refractivity contribution in [1.82, 2.24) is 15.5 Å². The number of carbonyl (C=O) groups is 4. The topological polar surface area (TPSA) is 185 Å². The van der Waals surface area contributed by atoms with Crippen LogP contribution in [0.5, 0.6) is 0 Å². The van der Waals surface area contributed by atoms with E-state index in [-0.39, 0.29) is 6.54 Å². The van der Waals surface area contributed by atoms with Crippen LogP contribution in [0, 0.1) is 0 Å². The van der Waals surface area contributed by atoms with E-state index in [0.29, 0.717) is 12.8 Å². The fourth-order valence-electron chi connectivity index (χ4n) is 2.61. The summed E-state index contributed by atoms with van der Waals surface area (Å²) in [7, 11) is 0. The molecule has 0 bridgehead atoms. The Balaban J connectivity index is 2.90. The predicted octanol–water partition coefficient (Wildman–Crippen LogP) is -3.73. The molecule has 4 atom stereocenters. The first-order chi connectivity index (χ1) is 12.2. The van der Waals surface area contributed by atoms with Gasteiger partial charge in [0.15, 0.2) is 0 Å². The number of amides is 4. The van der Waals surface area contributed by atoms with Crippen molar-refractivity contribution in [3.63, 3.8) is 0 Å². The third kappa shape index (κ3) is 5.77. The average molecular weight is 370 g/mol. The SMILES string of the molecule is C[C@@H]([C]=O)NC(=O)[C@@H]1CCCN1C(=O)[C@H](CC(N)=O)NC(=O)[C@@H](N)CO. The molecule has 1 saturated heterocycles. The predicted molar refractivity (Wildman–Crippen MR) is 88.8 cm³/mol.